The fourth-order valence-corrected chi connectivity index (χ4v) is 2.27. The van der Waals surface area contributed by atoms with Crippen LogP contribution in [0.4, 0.5) is 0 Å². The van der Waals surface area contributed by atoms with Crippen molar-refractivity contribution in [2.45, 2.75) is 19.0 Å². The first-order valence-corrected chi connectivity index (χ1v) is 5.64. The molecule has 1 aromatic rings. The molecular formula is C10H15NO2S. The molecule has 0 bridgehead atoms. The van der Waals surface area contributed by atoms with Crippen LogP contribution in [0.1, 0.15) is 11.3 Å². The molecule has 0 aromatic carbocycles. The van der Waals surface area contributed by atoms with E-state index in [9.17, 15) is 0 Å². The summed E-state index contributed by atoms with van der Waals surface area (Å²) in [6.07, 6.45) is 1.13. The minimum Gasteiger partial charge on any atom is -0.487 e. The average molecular weight is 213 g/mol. The molecule has 1 aliphatic rings. The van der Waals surface area contributed by atoms with Gasteiger partial charge in [0.2, 0.25) is 0 Å². The Labute approximate surface area is 88.0 Å². The molecule has 0 radical (unpaired) electrons. The Bertz CT molecular complexity index is 281. The van der Waals surface area contributed by atoms with Crippen LogP contribution < -0.4 is 10.1 Å². The van der Waals surface area contributed by atoms with E-state index in [1.807, 2.05) is 6.07 Å². The van der Waals surface area contributed by atoms with Gasteiger partial charge < -0.3 is 14.8 Å². The summed E-state index contributed by atoms with van der Waals surface area (Å²) in [5, 5.41) is 4.44. The van der Waals surface area contributed by atoms with Crippen molar-refractivity contribution in [2.75, 3.05) is 20.3 Å². The van der Waals surface area contributed by atoms with E-state index in [2.05, 4.69) is 11.4 Å². The monoisotopic (exact) mass is 213 g/mol. The maximum Gasteiger partial charge on any atom is 0.173 e. The number of ether oxygens (including phenoxy) is 2. The topological polar surface area (TPSA) is 30.5 Å². The number of hydrogen-bond acceptors (Lipinski definition) is 4. The number of nitrogens with one attached hydrogen (secondary N) is 1. The van der Waals surface area contributed by atoms with E-state index in [1.165, 1.54) is 4.88 Å². The molecule has 0 saturated carbocycles. The van der Waals surface area contributed by atoms with Gasteiger partial charge in [-0.15, -0.1) is 11.3 Å². The highest BCUT2D eigenvalue weighted by molar-refractivity contribution is 7.13. The van der Waals surface area contributed by atoms with Crippen molar-refractivity contribution >= 4 is 11.3 Å². The molecule has 1 aliphatic heterocycles. The van der Waals surface area contributed by atoms with Gasteiger partial charge in [0.1, 0.15) is 0 Å². The van der Waals surface area contributed by atoms with E-state index in [1.54, 1.807) is 18.4 Å². The summed E-state index contributed by atoms with van der Waals surface area (Å²) in [5.41, 5.74) is 0. The van der Waals surface area contributed by atoms with Crippen molar-refractivity contribution in [3.05, 3.63) is 17.0 Å². The van der Waals surface area contributed by atoms with Crippen LogP contribution in [0.15, 0.2) is 12.1 Å². The van der Waals surface area contributed by atoms with Crippen LogP contribution >= 0.6 is 11.3 Å². The number of rotatable bonds is 4. The minimum absolute atomic E-state index is 0.531. The molecule has 1 N–H and O–H groups in total. The van der Waals surface area contributed by atoms with Gasteiger partial charge in [0.05, 0.1) is 13.7 Å². The van der Waals surface area contributed by atoms with Crippen LogP contribution in [0.2, 0.25) is 0 Å². The molecule has 0 spiro atoms. The first-order chi connectivity index (χ1) is 6.88. The molecule has 78 valence electrons. The largest absolute Gasteiger partial charge is 0.487 e. The first kappa shape index (κ1) is 9.96. The molecule has 2 rings (SSSR count). The van der Waals surface area contributed by atoms with Gasteiger partial charge in [-0.1, -0.05) is 0 Å². The fraction of sp³-hybridized carbons (Fsp3) is 0.600. The second-order valence-corrected chi connectivity index (χ2v) is 4.50. The highest BCUT2D eigenvalue weighted by Gasteiger charge is 2.14. The molecule has 1 fully saturated rings. The Hall–Kier alpha value is -0.580. The van der Waals surface area contributed by atoms with Crippen LogP contribution in [0.5, 0.6) is 5.06 Å². The summed E-state index contributed by atoms with van der Waals surface area (Å²) in [6.45, 7) is 2.66. The Balaban J connectivity index is 1.79. The second-order valence-electron chi connectivity index (χ2n) is 3.37. The molecule has 3 nitrogen and oxygen atoms in total. The zero-order valence-corrected chi connectivity index (χ0v) is 9.10. The Morgan fingerprint density at radius 3 is 3.21 bits per heavy atom. The van der Waals surface area contributed by atoms with Crippen molar-refractivity contribution in [2.24, 2.45) is 0 Å². The quantitative estimate of drug-likeness (QED) is 0.824. The Kier molecular flexibility index (Phi) is 3.39. The van der Waals surface area contributed by atoms with Crippen LogP contribution in [0.3, 0.4) is 0 Å². The summed E-state index contributed by atoms with van der Waals surface area (Å²) in [6, 6.07) is 4.64. The third kappa shape index (κ3) is 2.47. The predicted octanol–water partition coefficient (Wildman–Crippen LogP) is 1.64. The predicted molar refractivity (Wildman–Crippen MR) is 56.9 cm³/mol. The zero-order valence-electron chi connectivity index (χ0n) is 8.29. The number of thiophene rings is 1. The van der Waals surface area contributed by atoms with Crippen molar-refractivity contribution in [3.8, 4) is 5.06 Å². The maximum absolute atomic E-state index is 5.29. The summed E-state index contributed by atoms with van der Waals surface area (Å²) in [4.78, 5) is 1.31. The molecule has 1 saturated heterocycles. The van der Waals surface area contributed by atoms with E-state index in [4.69, 9.17) is 9.47 Å². The van der Waals surface area contributed by atoms with Crippen molar-refractivity contribution in [1.29, 1.82) is 0 Å². The Morgan fingerprint density at radius 1 is 1.64 bits per heavy atom. The molecule has 4 heteroatoms. The van der Waals surface area contributed by atoms with Crippen molar-refractivity contribution in [1.82, 2.24) is 5.32 Å². The summed E-state index contributed by atoms with van der Waals surface area (Å²) >= 11 is 1.69. The molecule has 1 aromatic heterocycles. The summed E-state index contributed by atoms with van der Waals surface area (Å²) < 4.78 is 10.4. The van der Waals surface area contributed by atoms with E-state index in [0.29, 0.717) is 6.04 Å². The van der Waals surface area contributed by atoms with E-state index in [0.717, 1.165) is 31.2 Å². The van der Waals surface area contributed by atoms with Gasteiger partial charge in [-0.3, -0.25) is 0 Å². The van der Waals surface area contributed by atoms with Crippen LogP contribution in [0, 0.1) is 0 Å². The highest BCUT2D eigenvalue weighted by Crippen LogP contribution is 2.23. The van der Waals surface area contributed by atoms with Gasteiger partial charge in [-0.25, -0.2) is 0 Å². The maximum atomic E-state index is 5.29. The number of hydrogen-bond donors (Lipinski definition) is 1. The van der Waals surface area contributed by atoms with Gasteiger partial charge in [0.25, 0.3) is 0 Å². The van der Waals surface area contributed by atoms with E-state index < -0.39 is 0 Å². The molecule has 1 atom stereocenters. The highest BCUT2D eigenvalue weighted by atomic mass is 32.1. The van der Waals surface area contributed by atoms with E-state index >= 15 is 0 Å². The standard InChI is InChI=1S/C10H15NO2S/c1-12-10-3-2-9(14-10)6-11-8-4-5-13-7-8/h2-3,8,11H,4-7H2,1H3. The lowest BCUT2D eigenvalue weighted by molar-refractivity contribution is 0.190. The third-order valence-corrected chi connectivity index (χ3v) is 3.38. The van der Waals surface area contributed by atoms with Gasteiger partial charge in [0.15, 0.2) is 5.06 Å². The average Bonchev–Trinajstić information content (AvgIpc) is 2.86. The molecular weight excluding hydrogens is 198 g/mol. The summed E-state index contributed by atoms with van der Waals surface area (Å²) in [7, 11) is 1.70. The van der Waals surface area contributed by atoms with Crippen LogP contribution in [-0.4, -0.2) is 26.4 Å². The zero-order chi connectivity index (χ0) is 9.80. The molecule has 14 heavy (non-hydrogen) atoms. The number of methoxy groups -OCH3 is 1. The first-order valence-electron chi connectivity index (χ1n) is 4.82. The van der Waals surface area contributed by atoms with Crippen LogP contribution in [0.25, 0.3) is 0 Å². The second kappa shape index (κ2) is 4.77. The molecule has 2 heterocycles. The normalized spacial score (nSPS) is 21.4. The van der Waals surface area contributed by atoms with Crippen LogP contribution in [-0.2, 0) is 11.3 Å². The van der Waals surface area contributed by atoms with Crippen molar-refractivity contribution < 1.29 is 9.47 Å². The lowest BCUT2D eigenvalue weighted by Gasteiger charge is -2.08. The lowest BCUT2D eigenvalue weighted by atomic mass is 10.2. The Morgan fingerprint density at radius 2 is 2.57 bits per heavy atom. The van der Waals surface area contributed by atoms with E-state index in [-0.39, 0.29) is 0 Å². The van der Waals surface area contributed by atoms with Gasteiger partial charge in [0, 0.05) is 24.1 Å². The molecule has 1 unspecified atom stereocenters. The van der Waals surface area contributed by atoms with Gasteiger partial charge in [-0.05, 0) is 18.6 Å². The summed E-state index contributed by atoms with van der Waals surface area (Å²) in [5.74, 6) is 0. The lowest BCUT2D eigenvalue weighted by Crippen LogP contribution is -2.28. The minimum atomic E-state index is 0.531. The van der Waals surface area contributed by atoms with Gasteiger partial charge in [-0.2, -0.15) is 0 Å². The van der Waals surface area contributed by atoms with Gasteiger partial charge >= 0.3 is 0 Å². The van der Waals surface area contributed by atoms with Crippen molar-refractivity contribution in [3.63, 3.8) is 0 Å². The fourth-order valence-electron chi connectivity index (χ4n) is 1.50. The molecule has 0 amide bonds. The SMILES string of the molecule is COc1ccc(CNC2CCOC2)s1. The third-order valence-electron chi connectivity index (χ3n) is 2.33. The molecule has 0 aliphatic carbocycles. The smallest absolute Gasteiger partial charge is 0.173 e.